The van der Waals surface area contributed by atoms with E-state index < -0.39 is 6.03 Å². The summed E-state index contributed by atoms with van der Waals surface area (Å²) in [4.78, 5) is 12.0. The minimum Gasteiger partial charge on any atom is -0.350 e. The molecule has 4 nitrogen and oxygen atoms in total. The van der Waals surface area contributed by atoms with Gasteiger partial charge in [-0.3, -0.25) is 5.21 Å². The van der Waals surface area contributed by atoms with Gasteiger partial charge in [0.05, 0.1) is 6.54 Å². The second-order valence-corrected chi connectivity index (χ2v) is 6.74. The van der Waals surface area contributed by atoms with Gasteiger partial charge >= 0.3 is 6.03 Å². The molecule has 1 aliphatic carbocycles. The fraction of sp³-hybridized carbons (Fsp3) is 0.471. The van der Waals surface area contributed by atoms with E-state index in [4.69, 9.17) is 5.73 Å². The quantitative estimate of drug-likeness (QED) is 0.470. The SMILES string of the molecule is NC(=O)N(O)CC=Cc1ccccc1SCC1CCCCC1. The van der Waals surface area contributed by atoms with Gasteiger partial charge in [0.1, 0.15) is 0 Å². The van der Waals surface area contributed by atoms with Crippen LogP contribution in [0.2, 0.25) is 0 Å². The molecule has 2 rings (SSSR count). The van der Waals surface area contributed by atoms with Crippen LogP contribution in [0.15, 0.2) is 35.2 Å². The Balaban J connectivity index is 1.91. The molecule has 1 fully saturated rings. The zero-order valence-corrected chi connectivity index (χ0v) is 13.6. The topological polar surface area (TPSA) is 66.6 Å². The molecule has 0 radical (unpaired) electrons. The lowest BCUT2D eigenvalue weighted by molar-refractivity contribution is -0.0286. The standard InChI is InChI=1S/C17H24N2O2S/c18-17(20)19(21)12-6-10-15-9-4-5-11-16(15)22-13-14-7-2-1-3-8-14/h4-6,9-11,14,21H,1-3,7-8,12-13H2,(H2,18,20). The Morgan fingerprint density at radius 1 is 1.32 bits per heavy atom. The highest BCUT2D eigenvalue weighted by Crippen LogP contribution is 2.31. The van der Waals surface area contributed by atoms with E-state index in [1.54, 1.807) is 6.08 Å². The summed E-state index contributed by atoms with van der Waals surface area (Å²) in [5, 5.41) is 9.74. The number of carbonyl (C=O) groups excluding carboxylic acids is 1. The molecule has 0 unspecified atom stereocenters. The van der Waals surface area contributed by atoms with Crippen molar-refractivity contribution in [3.05, 3.63) is 35.9 Å². The third kappa shape index (κ3) is 5.39. The summed E-state index contributed by atoms with van der Waals surface area (Å²) >= 11 is 1.90. The summed E-state index contributed by atoms with van der Waals surface area (Å²) in [6.07, 6.45) is 10.5. The number of benzene rings is 1. The monoisotopic (exact) mass is 320 g/mol. The van der Waals surface area contributed by atoms with Gasteiger partial charge in [-0.2, -0.15) is 0 Å². The Bertz CT molecular complexity index is 513. The van der Waals surface area contributed by atoms with Gasteiger partial charge in [0.15, 0.2) is 0 Å². The van der Waals surface area contributed by atoms with E-state index in [2.05, 4.69) is 6.07 Å². The van der Waals surface area contributed by atoms with Gasteiger partial charge in [0.2, 0.25) is 0 Å². The zero-order valence-electron chi connectivity index (χ0n) is 12.8. The third-order valence-corrected chi connectivity index (χ3v) is 5.27. The molecule has 5 heteroatoms. The number of urea groups is 1. The number of carbonyl (C=O) groups is 1. The summed E-state index contributed by atoms with van der Waals surface area (Å²) in [6.45, 7) is 0.0942. The van der Waals surface area contributed by atoms with Crippen LogP contribution in [0.5, 0.6) is 0 Å². The third-order valence-electron chi connectivity index (χ3n) is 3.95. The van der Waals surface area contributed by atoms with Crippen LogP contribution in [-0.2, 0) is 0 Å². The predicted octanol–water partition coefficient (Wildman–Crippen LogP) is 4.14. The zero-order chi connectivity index (χ0) is 15.8. The molecule has 0 heterocycles. The average Bonchev–Trinajstić information content (AvgIpc) is 2.54. The predicted molar refractivity (Wildman–Crippen MR) is 90.9 cm³/mol. The molecule has 1 aromatic carbocycles. The Morgan fingerprint density at radius 3 is 2.77 bits per heavy atom. The van der Waals surface area contributed by atoms with Gasteiger partial charge in [-0.05, 0) is 30.4 Å². The summed E-state index contributed by atoms with van der Waals surface area (Å²) < 4.78 is 0. The second kappa shape index (κ2) is 8.86. The molecule has 0 saturated heterocycles. The first-order valence-electron chi connectivity index (χ1n) is 7.81. The first-order chi connectivity index (χ1) is 10.7. The molecule has 0 aromatic heterocycles. The number of nitrogens with zero attached hydrogens (tertiary/aromatic N) is 1. The minimum atomic E-state index is -0.843. The number of thioether (sulfide) groups is 1. The van der Waals surface area contributed by atoms with Crippen molar-refractivity contribution in [3.8, 4) is 0 Å². The van der Waals surface area contributed by atoms with Gasteiger partial charge in [-0.1, -0.05) is 49.6 Å². The number of hydrogen-bond donors (Lipinski definition) is 2. The Labute approximate surface area is 136 Å². The fourth-order valence-corrected chi connectivity index (χ4v) is 3.91. The van der Waals surface area contributed by atoms with Crippen LogP contribution < -0.4 is 5.73 Å². The molecular weight excluding hydrogens is 296 g/mol. The van der Waals surface area contributed by atoms with Crippen molar-refractivity contribution in [2.45, 2.75) is 37.0 Å². The molecule has 22 heavy (non-hydrogen) atoms. The average molecular weight is 320 g/mol. The summed E-state index contributed by atoms with van der Waals surface area (Å²) in [6, 6.07) is 7.37. The first-order valence-corrected chi connectivity index (χ1v) is 8.79. The maximum absolute atomic E-state index is 10.7. The Hall–Kier alpha value is -1.46. The highest BCUT2D eigenvalue weighted by atomic mass is 32.2. The van der Waals surface area contributed by atoms with Crippen LogP contribution in [0.1, 0.15) is 37.7 Å². The van der Waals surface area contributed by atoms with Gasteiger partial charge in [-0.15, -0.1) is 11.8 Å². The largest absolute Gasteiger partial charge is 0.350 e. The lowest BCUT2D eigenvalue weighted by Gasteiger charge is -2.21. The number of rotatable bonds is 6. The molecule has 120 valence electrons. The molecule has 3 N–H and O–H groups in total. The molecule has 0 bridgehead atoms. The normalized spacial score (nSPS) is 16.0. The molecule has 1 aliphatic rings. The number of primary amides is 1. The van der Waals surface area contributed by atoms with Crippen molar-refractivity contribution in [3.63, 3.8) is 0 Å². The van der Waals surface area contributed by atoms with Crippen LogP contribution in [0.25, 0.3) is 6.08 Å². The van der Waals surface area contributed by atoms with Crippen LogP contribution in [-0.4, -0.2) is 28.6 Å². The lowest BCUT2D eigenvalue weighted by atomic mass is 9.91. The molecule has 0 spiro atoms. The first kappa shape index (κ1) is 16.9. The van der Waals surface area contributed by atoms with E-state index in [1.165, 1.54) is 37.0 Å². The maximum Gasteiger partial charge on any atom is 0.338 e. The van der Waals surface area contributed by atoms with E-state index in [0.29, 0.717) is 5.06 Å². The smallest absolute Gasteiger partial charge is 0.338 e. The van der Waals surface area contributed by atoms with Crippen molar-refractivity contribution in [2.75, 3.05) is 12.3 Å². The van der Waals surface area contributed by atoms with Crippen molar-refractivity contribution >= 4 is 23.9 Å². The van der Waals surface area contributed by atoms with E-state index >= 15 is 0 Å². The van der Waals surface area contributed by atoms with E-state index in [1.807, 2.05) is 36.0 Å². The Morgan fingerprint density at radius 2 is 2.05 bits per heavy atom. The summed E-state index contributed by atoms with van der Waals surface area (Å²) in [7, 11) is 0. The van der Waals surface area contributed by atoms with Crippen LogP contribution >= 0.6 is 11.8 Å². The van der Waals surface area contributed by atoms with Crippen LogP contribution in [0.3, 0.4) is 0 Å². The maximum atomic E-state index is 10.7. The van der Waals surface area contributed by atoms with E-state index in [0.717, 1.165) is 17.2 Å². The molecule has 2 amide bonds. The van der Waals surface area contributed by atoms with Gasteiger partial charge in [0.25, 0.3) is 0 Å². The second-order valence-electron chi connectivity index (χ2n) is 5.68. The molecule has 1 saturated carbocycles. The Kier molecular flexibility index (Phi) is 6.80. The van der Waals surface area contributed by atoms with Gasteiger partial charge in [0, 0.05) is 10.6 Å². The number of nitrogens with two attached hydrogens (primary N) is 1. The van der Waals surface area contributed by atoms with Crippen LogP contribution in [0, 0.1) is 5.92 Å². The highest BCUT2D eigenvalue weighted by molar-refractivity contribution is 7.99. The summed E-state index contributed by atoms with van der Waals surface area (Å²) in [5.74, 6) is 2.00. The fourth-order valence-electron chi connectivity index (χ4n) is 2.68. The van der Waals surface area contributed by atoms with E-state index in [-0.39, 0.29) is 6.54 Å². The van der Waals surface area contributed by atoms with Gasteiger partial charge < -0.3 is 5.73 Å². The number of hydrogen-bond acceptors (Lipinski definition) is 3. The number of hydroxylamine groups is 2. The highest BCUT2D eigenvalue weighted by Gasteiger charge is 2.14. The molecule has 1 aromatic rings. The minimum absolute atomic E-state index is 0.0942. The van der Waals surface area contributed by atoms with Crippen LogP contribution in [0.4, 0.5) is 4.79 Å². The van der Waals surface area contributed by atoms with Crippen molar-refractivity contribution in [1.82, 2.24) is 5.06 Å². The van der Waals surface area contributed by atoms with Crippen molar-refractivity contribution < 1.29 is 10.0 Å². The van der Waals surface area contributed by atoms with Crippen molar-refractivity contribution in [1.29, 1.82) is 0 Å². The molecular formula is C17H24N2O2S. The van der Waals surface area contributed by atoms with E-state index in [9.17, 15) is 10.0 Å². The lowest BCUT2D eigenvalue weighted by Crippen LogP contribution is -2.32. The molecule has 0 aliphatic heterocycles. The van der Waals surface area contributed by atoms with Gasteiger partial charge in [-0.25, -0.2) is 9.86 Å². The molecule has 0 atom stereocenters. The number of amides is 2. The summed E-state index contributed by atoms with van der Waals surface area (Å²) in [5.41, 5.74) is 6.09. The van der Waals surface area contributed by atoms with Crippen molar-refractivity contribution in [2.24, 2.45) is 11.7 Å².